The Morgan fingerprint density at radius 2 is 1.78 bits per heavy atom. The highest BCUT2D eigenvalue weighted by molar-refractivity contribution is 5.37. The molecule has 2 N–H and O–H groups in total. The fraction of sp³-hybridized carbons (Fsp3) is 0.250. The standard InChI is InChI=1S/C16H19NO/c1-12(14-8-6-13(11-17)7-9-14)15-4-3-5-16(10-15)18-2/h3-10,12H,11,17H2,1-2H3. The van der Waals surface area contributed by atoms with Gasteiger partial charge >= 0.3 is 0 Å². The van der Waals surface area contributed by atoms with E-state index in [9.17, 15) is 0 Å². The van der Waals surface area contributed by atoms with Crippen LogP contribution in [0.1, 0.15) is 29.5 Å². The molecule has 18 heavy (non-hydrogen) atoms. The molecule has 0 radical (unpaired) electrons. The predicted octanol–water partition coefficient (Wildman–Crippen LogP) is 3.31. The summed E-state index contributed by atoms with van der Waals surface area (Å²) in [6.45, 7) is 2.79. The number of benzene rings is 2. The van der Waals surface area contributed by atoms with Gasteiger partial charge in [-0.05, 0) is 28.8 Å². The minimum absolute atomic E-state index is 0.354. The van der Waals surface area contributed by atoms with E-state index in [0.717, 1.165) is 11.3 Å². The van der Waals surface area contributed by atoms with Crippen LogP contribution in [0.25, 0.3) is 0 Å². The van der Waals surface area contributed by atoms with Gasteiger partial charge < -0.3 is 10.5 Å². The van der Waals surface area contributed by atoms with E-state index < -0.39 is 0 Å². The summed E-state index contributed by atoms with van der Waals surface area (Å²) >= 11 is 0. The molecular formula is C16H19NO. The molecule has 0 fully saturated rings. The van der Waals surface area contributed by atoms with Crippen LogP contribution in [0.15, 0.2) is 48.5 Å². The van der Waals surface area contributed by atoms with Crippen molar-refractivity contribution in [3.63, 3.8) is 0 Å². The fourth-order valence-electron chi connectivity index (χ4n) is 2.05. The molecule has 2 aromatic carbocycles. The van der Waals surface area contributed by atoms with Crippen molar-refractivity contribution in [3.8, 4) is 5.75 Å². The normalized spacial score (nSPS) is 12.2. The number of ether oxygens (including phenoxy) is 1. The maximum absolute atomic E-state index is 5.61. The second kappa shape index (κ2) is 5.69. The third kappa shape index (κ3) is 2.71. The van der Waals surface area contributed by atoms with Crippen LogP contribution < -0.4 is 10.5 Å². The summed E-state index contributed by atoms with van der Waals surface area (Å²) in [6, 6.07) is 16.7. The molecule has 0 bridgehead atoms. The molecule has 2 nitrogen and oxygen atoms in total. The van der Waals surface area contributed by atoms with Crippen LogP contribution in [0, 0.1) is 0 Å². The summed E-state index contributed by atoms with van der Waals surface area (Å²) in [6.07, 6.45) is 0. The molecule has 0 saturated heterocycles. The first-order valence-electron chi connectivity index (χ1n) is 6.17. The Morgan fingerprint density at radius 3 is 2.39 bits per heavy atom. The minimum Gasteiger partial charge on any atom is -0.497 e. The van der Waals surface area contributed by atoms with Gasteiger partial charge in [0.1, 0.15) is 5.75 Å². The number of hydrogen-bond donors (Lipinski definition) is 1. The Kier molecular flexibility index (Phi) is 4.00. The van der Waals surface area contributed by atoms with Crippen molar-refractivity contribution in [3.05, 3.63) is 65.2 Å². The van der Waals surface area contributed by atoms with Crippen LogP contribution in [-0.4, -0.2) is 7.11 Å². The Hall–Kier alpha value is -1.80. The van der Waals surface area contributed by atoms with Crippen molar-refractivity contribution in [2.75, 3.05) is 7.11 Å². The van der Waals surface area contributed by atoms with Crippen LogP contribution in [0.3, 0.4) is 0 Å². The van der Waals surface area contributed by atoms with E-state index in [1.54, 1.807) is 7.11 Å². The molecule has 2 aromatic rings. The summed E-state index contributed by atoms with van der Waals surface area (Å²) in [5, 5.41) is 0. The van der Waals surface area contributed by atoms with E-state index in [1.165, 1.54) is 11.1 Å². The van der Waals surface area contributed by atoms with Crippen molar-refractivity contribution in [2.24, 2.45) is 5.73 Å². The number of hydrogen-bond acceptors (Lipinski definition) is 2. The lowest BCUT2D eigenvalue weighted by molar-refractivity contribution is 0.414. The van der Waals surface area contributed by atoms with Crippen LogP contribution in [-0.2, 0) is 6.54 Å². The molecule has 94 valence electrons. The molecule has 2 heteroatoms. The second-order valence-electron chi connectivity index (χ2n) is 4.44. The quantitative estimate of drug-likeness (QED) is 0.891. The molecule has 0 amide bonds. The third-order valence-electron chi connectivity index (χ3n) is 3.31. The van der Waals surface area contributed by atoms with Gasteiger partial charge in [0.05, 0.1) is 7.11 Å². The Bertz CT molecular complexity index is 505. The van der Waals surface area contributed by atoms with Crippen molar-refractivity contribution >= 4 is 0 Å². The lowest BCUT2D eigenvalue weighted by Crippen LogP contribution is -1.99. The summed E-state index contributed by atoms with van der Waals surface area (Å²) in [5.41, 5.74) is 9.32. The van der Waals surface area contributed by atoms with Crippen LogP contribution in [0.2, 0.25) is 0 Å². The van der Waals surface area contributed by atoms with E-state index >= 15 is 0 Å². The first-order chi connectivity index (χ1) is 8.74. The van der Waals surface area contributed by atoms with Crippen LogP contribution in [0.5, 0.6) is 5.75 Å². The van der Waals surface area contributed by atoms with Gasteiger partial charge in [-0.3, -0.25) is 0 Å². The van der Waals surface area contributed by atoms with Crippen molar-refractivity contribution in [2.45, 2.75) is 19.4 Å². The number of rotatable bonds is 4. The summed E-state index contributed by atoms with van der Waals surface area (Å²) in [7, 11) is 1.69. The second-order valence-corrected chi connectivity index (χ2v) is 4.44. The van der Waals surface area contributed by atoms with E-state index in [1.807, 2.05) is 12.1 Å². The molecule has 0 aliphatic carbocycles. The summed E-state index contributed by atoms with van der Waals surface area (Å²) in [5.74, 6) is 1.25. The molecule has 1 unspecified atom stereocenters. The molecule has 0 spiro atoms. The van der Waals surface area contributed by atoms with Gasteiger partial charge in [-0.25, -0.2) is 0 Å². The maximum Gasteiger partial charge on any atom is 0.119 e. The molecule has 0 saturated carbocycles. The fourth-order valence-corrected chi connectivity index (χ4v) is 2.05. The summed E-state index contributed by atoms with van der Waals surface area (Å²) < 4.78 is 5.26. The minimum atomic E-state index is 0.354. The zero-order valence-corrected chi connectivity index (χ0v) is 10.9. The first kappa shape index (κ1) is 12.7. The number of nitrogens with two attached hydrogens (primary N) is 1. The largest absolute Gasteiger partial charge is 0.497 e. The zero-order chi connectivity index (χ0) is 13.0. The average Bonchev–Trinajstić information content (AvgIpc) is 2.46. The predicted molar refractivity (Wildman–Crippen MR) is 74.8 cm³/mol. The monoisotopic (exact) mass is 241 g/mol. The van der Waals surface area contributed by atoms with E-state index in [0.29, 0.717) is 12.5 Å². The van der Waals surface area contributed by atoms with Crippen molar-refractivity contribution in [1.82, 2.24) is 0 Å². The maximum atomic E-state index is 5.61. The molecule has 0 aliphatic heterocycles. The molecule has 0 aliphatic rings. The van der Waals surface area contributed by atoms with Gasteiger partial charge in [0, 0.05) is 12.5 Å². The summed E-state index contributed by atoms with van der Waals surface area (Å²) in [4.78, 5) is 0. The lowest BCUT2D eigenvalue weighted by Gasteiger charge is -2.14. The van der Waals surface area contributed by atoms with Gasteiger partial charge in [-0.2, -0.15) is 0 Å². The van der Waals surface area contributed by atoms with Gasteiger partial charge in [0.15, 0.2) is 0 Å². The number of methoxy groups -OCH3 is 1. The van der Waals surface area contributed by atoms with Gasteiger partial charge in [0.2, 0.25) is 0 Å². The van der Waals surface area contributed by atoms with Crippen molar-refractivity contribution in [1.29, 1.82) is 0 Å². The van der Waals surface area contributed by atoms with Gasteiger partial charge in [0.25, 0.3) is 0 Å². The highest BCUT2D eigenvalue weighted by Gasteiger charge is 2.08. The van der Waals surface area contributed by atoms with E-state index in [-0.39, 0.29) is 0 Å². The van der Waals surface area contributed by atoms with Gasteiger partial charge in [-0.15, -0.1) is 0 Å². The highest BCUT2D eigenvalue weighted by Crippen LogP contribution is 2.26. The molecular weight excluding hydrogens is 222 g/mol. The van der Waals surface area contributed by atoms with Crippen LogP contribution in [0.4, 0.5) is 0 Å². The molecule has 0 aromatic heterocycles. The SMILES string of the molecule is COc1cccc(C(C)c2ccc(CN)cc2)c1. The third-order valence-corrected chi connectivity index (χ3v) is 3.31. The van der Waals surface area contributed by atoms with Gasteiger partial charge in [-0.1, -0.05) is 43.3 Å². The van der Waals surface area contributed by atoms with Crippen molar-refractivity contribution < 1.29 is 4.74 Å². The Labute approximate surface area is 108 Å². The first-order valence-corrected chi connectivity index (χ1v) is 6.17. The Balaban J connectivity index is 2.25. The van der Waals surface area contributed by atoms with E-state index in [4.69, 9.17) is 10.5 Å². The zero-order valence-electron chi connectivity index (χ0n) is 10.9. The Morgan fingerprint density at radius 1 is 1.06 bits per heavy atom. The topological polar surface area (TPSA) is 35.2 Å². The van der Waals surface area contributed by atoms with E-state index in [2.05, 4.69) is 43.3 Å². The molecule has 1 atom stereocenters. The highest BCUT2D eigenvalue weighted by atomic mass is 16.5. The average molecular weight is 241 g/mol. The molecule has 2 rings (SSSR count). The van der Waals surface area contributed by atoms with Crippen LogP contribution >= 0.6 is 0 Å². The molecule has 0 heterocycles. The lowest BCUT2D eigenvalue weighted by atomic mass is 9.92. The smallest absolute Gasteiger partial charge is 0.119 e.